The van der Waals surface area contributed by atoms with Crippen molar-refractivity contribution < 1.29 is 14.4 Å². The molecular formula is C26H33N3O3S. The molecule has 2 aliphatic rings. The monoisotopic (exact) mass is 467 g/mol. The van der Waals surface area contributed by atoms with Crippen LogP contribution in [0, 0.1) is 5.92 Å². The molecule has 7 heteroatoms. The second-order valence-corrected chi connectivity index (χ2v) is 10.5. The summed E-state index contributed by atoms with van der Waals surface area (Å²) in [6.07, 6.45) is 10.3. The molecule has 1 N–H and O–H groups in total. The van der Waals surface area contributed by atoms with E-state index in [0.717, 1.165) is 53.1 Å². The average Bonchev–Trinajstić information content (AvgIpc) is 3.26. The zero-order chi connectivity index (χ0) is 23.5. The van der Waals surface area contributed by atoms with Crippen molar-refractivity contribution >= 4 is 45.8 Å². The summed E-state index contributed by atoms with van der Waals surface area (Å²) in [6, 6.07) is 6.38. The molecule has 1 aromatic heterocycles. The molecule has 1 saturated carbocycles. The number of aromatic nitrogens is 1. The highest BCUT2D eigenvalue weighted by molar-refractivity contribution is 8.18. The number of carbonyl (C=O) groups is 3. The maximum atomic E-state index is 12.9. The van der Waals surface area contributed by atoms with Crippen molar-refractivity contribution in [3.8, 4) is 0 Å². The quantitative estimate of drug-likeness (QED) is 0.558. The Morgan fingerprint density at radius 2 is 1.97 bits per heavy atom. The van der Waals surface area contributed by atoms with Crippen molar-refractivity contribution in [3.63, 3.8) is 0 Å². The fourth-order valence-electron chi connectivity index (χ4n) is 4.83. The minimum Gasteiger partial charge on any atom is -0.352 e. The number of nitrogens with zero attached hydrogens (tertiary/aromatic N) is 2. The number of carbonyl (C=O) groups excluding carboxylic acids is 3. The fraction of sp³-hybridized carbons (Fsp3) is 0.500. The summed E-state index contributed by atoms with van der Waals surface area (Å²) in [5.41, 5.74) is 3.04. The van der Waals surface area contributed by atoms with Crippen LogP contribution in [0.1, 0.15) is 64.0 Å². The Balaban J connectivity index is 1.64. The van der Waals surface area contributed by atoms with Gasteiger partial charge in [-0.1, -0.05) is 58.2 Å². The first kappa shape index (κ1) is 23.6. The normalized spacial score (nSPS) is 18.8. The zero-order valence-corrected chi connectivity index (χ0v) is 20.5. The Hall–Kier alpha value is -2.54. The van der Waals surface area contributed by atoms with Gasteiger partial charge in [0.2, 0.25) is 5.91 Å². The molecule has 33 heavy (non-hydrogen) atoms. The molecule has 2 fully saturated rings. The van der Waals surface area contributed by atoms with Gasteiger partial charge in [-0.25, -0.2) is 0 Å². The van der Waals surface area contributed by atoms with E-state index in [9.17, 15) is 14.4 Å². The second kappa shape index (κ2) is 10.2. The third-order valence-corrected chi connectivity index (χ3v) is 7.29. The molecule has 3 amide bonds. The van der Waals surface area contributed by atoms with Crippen LogP contribution in [0.25, 0.3) is 17.0 Å². The van der Waals surface area contributed by atoms with Gasteiger partial charge in [-0.2, -0.15) is 0 Å². The lowest BCUT2D eigenvalue weighted by Gasteiger charge is -2.23. The molecule has 0 radical (unpaired) electrons. The standard InChI is InChI=1S/C26H33N3O3S/c1-4-18-9-8-12-21-19(13-22-25(31)29(14-17(2)3)26(32)33-22)15-28(24(18)21)16-23(30)27-20-10-6-5-7-11-20/h8-9,12-13,15,17,20H,4-7,10-11,14,16H2,1-3H3,(H,27,30)/b22-13-. The van der Waals surface area contributed by atoms with E-state index >= 15 is 0 Å². The number of para-hydroxylation sites is 1. The molecule has 0 unspecified atom stereocenters. The van der Waals surface area contributed by atoms with Crippen LogP contribution in [0.3, 0.4) is 0 Å². The first-order valence-corrected chi connectivity index (χ1v) is 12.8. The predicted molar refractivity (Wildman–Crippen MR) is 134 cm³/mol. The topological polar surface area (TPSA) is 71.4 Å². The van der Waals surface area contributed by atoms with Gasteiger partial charge in [0.15, 0.2) is 0 Å². The summed E-state index contributed by atoms with van der Waals surface area (Å²) in [5.74, 6) is 0.00403. The van der Waals surface area contributed by atoms with Crippen LogP contribution < -0.4 is 5.32 Å². The summed E-state index contributed by atoms with van der Waals surface area (Å²) >= 11 is 0.994. The Kier molecular flexibility index (Phi) is 7.27. The zero-order valence-electron chi connectivity index (χ0n) is 19.7. The van der Waals surface area contributed by atoms with Crippen LogP contribution in [0.4, 0.5) is 4.79 Å². The molecule has 2 aromatic rings. The van der Waals surface area contributed by atoms with E-state index < -0.39 is 0 Å². The highest BCUT2D eigenvalue weighted by Crippen LogP contribution is 2.35. The molecule has 1 aromatic carbocycles. The summed E-state index contributed by atoms with van der Waals surface area (Å²) < 4.78 is 2.00. The average molecular weight is 468 g/mol. The van der Waals surface area contributed by atoms with Crippen LogP contribution in [0.15, 0.2) is 29.3 Å². The third kappa shape index (κ3) is 5.18. The lowest BCUT2D eigenvalue weighted by Crippen LogP contribution is -2.38. The number of nitrogens with one attached hydrogen (secondary N) is 1. The largest absolute Gasteiger partial charge is 0.352 e. The van der Waals surface area contributed by atoms with Crippen LogP contribution in [0.5, 0.6) is 0 Å². The summed E-state index contributed by atoms with van der Waals surface area (Å²) in [7, 11) is 0. The third-order valence-electron chi connectivity index (χ3n) is 6.39. The molecule has 1 aliphatic carbocycles. The van der Waals surface area contributed by atoms with Gasteiger partial charge in [-0.3, -0.25) is 19.3 Å². The van der Waals surface area contributed by atoms with Crippen LogP contribution in [0.2, 0.25) is 0 Å². The van der Waals surface area contributed by atoms with Crippen molar-refractivity contribution in [1.82, 2.24) is 14.8 Å². The number of hydrogen-bond donors (Lipinski definition) is 1. The Morgan fingerprint density at radius 3 is 2.67 bits per heavy atom. The molecule has 1 saturated heterocycles. The lowest BCUT2D eigenvalue weighted by molar-refractivity contribution is -0.123. The van der Waals surface area contributed by atoms with E-state index in [-0.39, 0.29) is 35.6 Å². The number of amides is 3. The van der Waals surface area contributed by atoms with E-state index in [0.29, 0.717) is 11.4 Å². The Morgan fingerprint density at radius 1 is 1.21 bits per heavy atom. The van der Waals surface area contributed by atoms with E-state index in [1.807, 2.05) is 42.8 Å². The lowest BCUT2D eigenvalue weighted by atomic mass is 9.95. The van der Waals surface area contributed by atoms with Crippen molar-refractivity contribution in [3.05, 3.63) is 40.4 Å². The van der Waals surface area contributed by atoms with Crippen molar-refractivity contribution in [2.75, 3.05) is 6.54 Å². The molecule has 0 bridgehead atoms. The van der Waals surface area contributed by atoms with Crippen LogP contribution in [-0.4, -0.2) is 39.1 Å². The summed E-state index contributed by atoms with van der Waals surface area (Å²) in [5, 5.41) is 3.98. The molecule has 1 aliphatic heterocycles. The van der Waals surface area contributed by atoms with Gasteiger partial charge in [0.05, 0.1) is 10.4 Å². The molecule has 6 nitrogen and oxygen atoms in total. The number of imide groups is 1. The molecular weight excluding hydrogens is 434 g/mol. The van der Waals surface area contributed by atoms with Gasteiger partial charge in [-0.05, 0) is 48.6 Å². The van der Waals surface area contributed by atoms with Crippen molar-refractivity contribution in [2.24, 2.45) is 5.92 Å². The first-order chi connectivity index (χ1) is 15.9. The van der Waals surface area contributed by atoms with Crippen molar-refractivity contribution in [1.29, 1.82) is 0 Å². The predicted octanol–water partition coefficient (Wildman–Crippen LogP) is 5.34. The number of aryl methyl sites for hydroxylation is 1. The molecule has 176 valence electrons. The van der Waals surface area contributed by atoms with E-state index in [1.165, 1.54) is 24.2 Å². The Labute approximate surface area is 199 Å². The number of fused-ring (bicyclic) bond motifs is 1. The van der Waals surface area contributed by atoms with Crippen LogP contribution in [-0.2, 0) is 22.6 Å². The van der Waals surface area contributed by atoms with Gasteiger partial charge in [0.25, 0.3) is 11.1 Å². The second-order valence-electron chi connectivity index (χ2n) is 9.47. The smallest absolute Gasteiger partial charge is 0.293 e. The maximum absolute atomic E-state index is 12.9. The molecule has 0 spiro atoms. The fourth-order valence-corrected chi connectivity index (χ4v) is 5.67. The minimum absolute atomic E-state index is 0.0218. The van der Waals surface area contributed by atoms with E-state index in [2.05, 4.69) is 18.3 Å². The maximum Gasteiger partial charge on any atom is 0.293 e. The van der Waals surface area contributed by atoms with Gasteiger partial charge in [-0.15, -0.1) is 0 Å². The number of thioether (sulfide) groups is 1. The number of hydrogen-bond acceptors (Lipinski definition) is 4. The Bertz CT molecular complexity index is 1100. The minimum atomic E-state index is -0.235. The van der Waals surface area contributed by atoms with E-state index in [4.69, 9.17) is 0 Å². The van der Waals surface area contributed by atoms with Crippen LogP contribution >= 0.6 is 11.8 Å². The SMILES string of the molecule is CCc1cccc2c(/C=C3\SC(=O)N(CC(C)C)C3=O)cn(CC(=O)NC3CCCCC3)c12. The molecule has 2 heterocycles. The van der Waals surface area contributed by atoms with Crippen molar-refractivity contribution in [2.45, 2.75) is 71.9 Å². The molecule has 0 atom stereocenters. The van der Waals surface area contributed by atoms with Gasteiger partial charge < -0.3 is 9.88 Å². The first-order valence-electron chi connectivity index (χ1n) is 12.0. The number of benzene rings is 1. The van der Waals surface area contributed by atoms with Gasteiger partial charge >= 0.3 is 0 Å². The highest BCUT2D eigenvalue weighted by Gasteiger charge is 2.35. The summed E-state index contributed by atoms with van der Waals surface area (Å²) in [6.45, 7) is 6.75. The molecule has 4 rings (SSSR count). The van der Waals surface area contributed by atoms with E-state index in [1.54, 1.807) is 0 Å². The number of rotatable bonds is 7. The van der Waals surface area contributed by atoms with Gasteiger partial charge in [0, 0.05) is 29.7 Å². The van der Waals surface area contributed by atoms with Gasteiger partial charge in [0.1, 0.15) is 6.54 Å². The highest BCUT2D eigenvalue weighted by atomic mass is 32.2. The summed E-state index contributed by atoms with van der Waals surface area (Å²) in [4.78, 5) is 39.9.